The number of ether oxygens (including phenoxy) is 1. The number of methoxy groups -OCH3 is 1. The molecule has 2 aromatic carbocycles. The number of halogens is 2. The van der Waals surface area contributed by atoms with Crippen LogP contribution in [-0.4, -0.2) is 41.2 Å². The van der Waals surface area contributed by atoms with Gasteiger partial charge in [0, 0.05) is 23.5 Å². The molecular weight excluding hydrogens is 439 g/mol. The Morgan fingerprint density at radius 1 is 1.21 bits per heavy atom. The molecule has 3 aromatic rings. The molecule has 6 rings (SSSR count). The lowest BCUT2D eigenvalue weighted by Gasteiger charge is -2.51. The van der Waals surface area contributed by atoms with E-state index in [0.29, 0.717) is 5.92 Å². The van der Waals surface area contributed by atoms with Crippen LogP contribution in [0.1, 0.15) is 43.4 Å². The average molecular weight is 471 g/mol. The third-order valence-corrected chi connectivity index (χ3v) is 7.66. The predicted molar refractivity (Wildman–Crippen MR) is 132 cm³/mol. The minimum Gasteiger partial charge on any atom is -0.497 e. The number of aliphatic hydroxyl groups is 1. The maximum atomic E-state index is 13.7. The molecule has 3 aliphatic rings. The Labute approximate surface area is 201 Å². The van der Waals surface area contributed by atoms with E-state index in [4.69, 9.17) is 9.72 Å². The minimum absolute atomic E-state index is 0. The lowest BCUT2D eigenvalue weighted by molar-refractivity contribution is -0.0562. The summed E-state index contributed by atoms with van der Waals surface area (Å²) in [6.45, 7) is 6.29. The second-order valence-corrected chi connectivity index (χ2v) is 9.40. The number of aliphatic hydroxyl groups excluding tert-OH is 1. The summed E-state index contributed by atoms with van der Waals surface area (Å²) in [4.78, 5) is 7.35. The zero-order chi connectivity index (χ0) is 22.4. The van der Waals surface area contributed by atoms with E-state index >= 15 is 0 Å². The number of aryl methyl sites for hydroxylation is 1. The van der Waals surface area contributed by atoms with Crippen LogP contribution < -0.4 is 4.74 Å². The summed E-state index contributed by atoms with van der Waals surface area (Å²) in [6.07, 6.45) is 2.84. The zero-order valence-corrected chi connectivity index (χ0v) is 20.2. The van der Waals surface area contributed by atoms with Crippen LogP contribution in [0.3, 0.4) is 0 Å². The lowest BCUT2D eigenvalue weighted by atomic mass is 9.72. The van der Waals surface area contributed by atoms with Crippen molar-refractivity contribution in [2.45, 2.75) is 45.3 Å². The highest BCUT2D eigenvalue weighted by atomic mass is 35.5. The summed E-state index contributed by atoms with van der Waals surface area (Å²) in [5.41, 5.74) is 4.16. The standard InChI is InChI=1S/C27H31FN2O2.ClH/c1-4-17-15-30-10-9-18(17)12-26(30)27(31)23-14-25(21-7-5-19(28)11-16(21)2)29-24-8-6-20(32-3)13-22(23)24;/h5-8,11,13-14,17-18,26-27,31H,4,9-10,12,15H2,1-3H3;1H/t17-,18+,26-,27+;/m0./s1. The summed E-state index contributed by atoms with van der Waals surface area (Å²) >= 11 is 0. The second-order valence-electron chi connectivity index (χ2n) is 9.40. The van der Waals surface area contributed by atoms with Gasteiger partial charge < -0.3 is 9.84 Å². The highest BCUT2D eigenvalue weighted by Gasteiger charge is 2.42. The van der Waals surface area contributed by atoms with Crippen LogP contribution in [0.4, 0.5) is 4.39 Å². The molecule has 1 N–H and O–H groups in total. The molecule has 0 aliphatic carbocycles. The normalized spacial score (nSPS) is 25.0. The summed E-state index contributed by atoms with van der Waals surface area (Å²) in [7, 11) is 1.65. The van der Waals surface area contributed by atoms with Crippen molar-refractivity contribution in [3.8, 4) is 17.0 Å². The van der Waals surface area contributed by atoms with Gasteiger partial charge >= 0.3 is 0 Å². The Morgan fingerprint density at radius 2 is 2.03 bits per heavy atom. The fourth-order valence-corrected chi connectivity index (χ4v) is 5.83. The quantitative estimate of drug-likeness (QED) is 0.501. The molecular formula is C27H32ClFN2O2. The van der Waals surface area contributed by atoms with Gasteiger partial charge in [0.05, 0.1) is 24.4 Å². The van der Waals surface area contributed by atoms with E-state index in [-0.39, 0.29) is 24.3 Å². The van der Waals surface area contributed by atoms with Crippen molar-refractivity contribution in [1.29, 1.82) is 0 Å². The van der Waals surface area contributed by atoms with E-state index in [9.17, 15) is 9.50 Å². The van der Waals surface area contributed by atoms with Gasteiger partial charge in [-0.2, -0.15) is 0 Å². The molecule has 5 atom stereocenters. The van der Waals surface area contributed by atoms with Gasteiger partial charge in [-0.05, 0) is 91.7 Å². The number of hydrogen-bond donors (Lipinski definition) is 1. The van der Waals surface area contributed by atoms with Gasteiger partial charge in [-0.1, -0.05) is 13.3 Å². The number of fused-ring (bicyclic) bond motifs is 4. The molecule has 1 aromatic heterocycles. The zero-order valence-electron chi connectivity index (χ0n) is 19.4. The van der Waals surface area contributed by atoms with Gasteiger partial charge in [0.2, 0.25) is 0 Å². The largest absolute Gasteiger partial charge is 0.497 e. The van der Waals surface area contributed by atoms with Crippen molar-refractivity contribution in [1.82, 2.24) is 9.88 Å². The van der Waals surface area contributed by atoms with E-state index in [1.165, 1.54) is 25.0 Å². The van der Waals surface area contributed by atoms with Gasteiger partial charge in [-0.15, -0.1) is 12.4 Å². The Morgan fingerprint density at radius 3 is 2.70 bits per heavy atom. The van der Waals surface area contributed by atoms with Gasteiger partial charge in [0.15, 0.2) is 0 Å². The molecule has 0 saturated carbocycles. The molecule has 0 amide bonds. The Bertz CT molecular complexity index is 1150. The maximum absolute atomic E-state index is 13.7. The number of pyridine rings is 1. The summed E-state index contributed by atoms with van der Waals surface area (Å²) in [5.74, 6) is 1.91. The van der Waals surface area contributed by atoms with Crippen molar-refractivity contribution in [2.75, 3.05) is 20.2 Å². The molecule has 6 heteroatoms. The molecule has 0 radical (unpaired) electrons. The van der Waals surface area contributed by atoms with E-state index in [1.807, 2.05) is 31.2 Å². The lowest BCUT2D eigenvalue weighted by Crippen LogP contribution is -2.55. The van der Waals surface area contributed by atoms with Crippen molar-refractivity contribution in [2.24, 2.45) is 11.8 Å². The van der Waals surface area contributed by atoms with E-state index in [2.05, 4.69) is 11.8 Å². The van der Waals surface area contributed by atoms with Crippen molar-refractivity contribution >= 4 is 23.3 Å². The minimum atomic E-state index is -0.618. The monoisotopic (exact) mass is 470 g/mol. The molecule has 3 aliphatic heterocycles. The van der Waals surface area contributed by atoms with Crippen LogP contribution in [0.25, 0.3) is 22.2 Å². The van der Waals surface area contributed by atoms with Crippen molar-refractivity contribution < 1.29 is 14.2 Å². The van der Waals surface area contributed by atoms with Gasteiger partial charge in [0.25, 0.3) is 0 Å². The highest BCUT2D eigenvalue weighted by molar-refractivity contribution is 5.87. The summed E-state index contributed by atoms with van der Waals surface area (Å²) < 4.78 is 19.2. The van der Waals surface area contributed by atoms with Crippen molar-refractivity contribution in [3.05, 3.63) is 59.4 Å². The molecule has 2 bridgehead atoms. The summed E-state index contributed by atoms with van der Waals surface area (Å²) in [5, 5.41) is 12.6. The fourth-order valence-electron chi connectivity index (χ4n) is 5.83. The van der Waals surface area contributed by atoms with Crippen LogP contribution in [0.2, 0.25) is 0 Å². The Balaban J connectivity index is 0.00000259. The molecule has 3 saturated heterocycles. The third kappa shape index (κ3) is 4.34. The number of benzene rings is 2. The van der Waals surface area contributed by atoms with Gasteiger partial charge in [0.1, 0.15) is 11.6 Å². The molecule has 3 fully saturated rings. The topological polar surface area (TPSA) is 45.6 Å². The Kier molecular flexibility index (Phi) is 6.94. The molecule has 1 unspecified atom stereocenters. The molecule has 33 heavy (non-hydrogen) atoms. The first kappa shape index (κ1) is 23.9. The fraction of sp³-hybridized carbons (Fsp3) is 0.444. The molecule has 176 valence electrons. The third-order valence-electron chi connectivity index (χ3n) is 7.66. The average Bonchev–Trinajstić information content (AvgIpc) is 2.82. The Hall–Kier alpha value is -2.21. The number of aromatic nitrogens is 1. The summed E-state index contributed by atoms with van der Waals surface area (Å²) in [6, 6.07) is 12.7. The molecule has 0 spiro atoms. The van der Waals surface area contributed by atoms with Crippen LogP contribution in [0, 0.1) is 24.6 Å². The van der Waals surface area contributed by atoms with Crippen LogP contribution in [0.15, 0.2) is 42.5 Å². The number of nitrogens with zero attached hydrogens (tertiary/aromatic N) is 2. The smallest absolute Gasteiger partial charge is 0.123 e. The van der Waals surface area contributed by atoms with Gasteiger partial charge in [-0.3, -0.25) is 4.90 Å². The predicted octanol–water partition coefficient (Wildman–Crippen LogP) is 5.93. The van der Waals surface area contributed by atoms with E-state index in [1.54, 1.807) is 13.2 Å². The molecule has 4 heterocycles. The first-order valence-corrected chi connectivity index (χ1v) is 11.7. The highest BCUT2D eigenvalue weighted by Crippen LogP contribution is 2.43. The van der Waals surface area contributed by atoms with Crippen LogP contribution in [0.5, 0.6) is 5.75 Å². The van der Waals surface area contributed by atoms with E-state index < -0.39 is 6.10 Å². The van der Waals surface area contributed by atoms with Crippen LogP contribution in [-0.2, 0) is 0 Å². The number of hydrogen-bond acceptors (Lipinski definition) is 4. The van der Waals surface area contributed by atoms with Crippen molar-refractivity contribution in [3.63, 3.8) is 0 Å². The number of rotatable bonds is 5. The SMILES string of the molecule is CC[C@H]1CN2CC[C@@H]1C[C@H]2[C@H](O)c1cc(-c2ccc(F)cc2C)nc2ccc(OC)cc12.Cl. The van der Waals surface area contributed by atoms with E-state index in [0.717, 1.165) is 64.5 Å². The van der Waals surface area contributed by atoms with Crippen LogP contribution >= 0.6 is 12.4 Å². The maximum Gasteiger partial charge on any atom is 0.123 e. The first-order valence-electron chi connectivity index (χ1n) is 11.7. The molecule has 4 nitrogen and oxygen atoms in total. The number of piperidine rings is 3. The van der Waals surface area contributed by atoms with Gasteiger partial charge in [-0.25, -0.2) is 9.37 Å². The first-order chi connectivity index (χ1) is 15.5. The second kappa shape index (κ2) is 9.57.